The molecule has 3 rings (SSSR count). The van der Waals surface area contributed by atoms with Gasteiger partial charge in [0.2, 0.25) is 5.91 Å². The summed E-state index contributed by atoms with van der Waals surface area (Å²) in [6.45, 7) is 11.3. The number of amides is 1. The van der Waals surface area contributed by atoms with E-state index in [2.05, 4.69) is 61.5 Å². The van der Waals surface area contributed by atoms with E-state index in [9.17, 15) is 4.79 Å². The number of fused-ring (bicyclic) bond motifs is 1. The predicted molar refractivity (Wildman–Crippen MR) is 111 cm³/mol. The lowest BCUT2D eigenvalue weighted by Gasteiger charge is -2.15. The standard InChI is InChI=1S/C23H29N3O/c1-15(2)14-26-18(5)22(17(4)25-26)13-23(27)24-16(3)20-11-10-19-8-6-7-9-21(19)12-20/h6-12,15-16H,13-14H2,1-5H3,(H,24,27). The number of nitrogens with zero attached hydrogens (tertiary/aromatic N) is 2. The lowest BCUT2D eigenvalue weighted by molar-refractivity contribution is -0.121. The van der Waals surface area contributed by atoms with E-state index in [4.69, 9.17) is 0 Å². The molecule has 0 fully saturated rings. The third-order valence-corrected chi connectivity index (χ3v) is 5.06. The summed E-state index contributed by atoms with van der Waals surface area (Å²) in [5.74, 6) is 0.559. The minimum atomic E-state index is -0.0339. The molecule has 4 nitrogen and oxygen atoms in total. The maximum atomic E-state index is 12.6. The second kappa shape index (κ2) is 7.95. The number of carbonyl (C=O) groups is 1. The molecule has 1 unspecified atom stereocenters. The smallest absolute Gasteiger partial charge is 0.225 e. The number of benzene rings is 2. The first-order valence-corrected chi connectivity index (χ1v) is 9.66. The third kappa shape index (κ3) is 4.38. The fraction of sp³-hybridized carbons (Fsp3) is 0.391. The normalized spacial score (nSPS) is 12.5. The van der Waals surface area contributed by atoms with Crippen LogP contribution in [0.1, 0.15) is 49.3 Å². The second-order valence-corrected chi connectivity index (χ2v) is 7.80. The fourth-order valence-electron chi connectivity index (χ4n) is 3.53. The van der Waals surface area contributed by atoms with E-state index in [0.717, 1.165) is 29.1 Å². The van der Waals surface area contributed by atoms with Gasteiger partial charge in [-0.15, -0.1) is 0 Å². The Labute approximate surface area is 161 Å². The first kappa shape index (κ1) is 19.2. The summed E-state index contributed by atoms with van der Waals surface area (Å²) in [6.07, 6.45) is 0.369. The van der Waals surface area contributed by atoms with Gasteiger partial charge < -0.3 is 5.32 Å². The molecule has 3 aromatic rings. The molecule has 1 heterocycles. The molecule has 0 aliphatic heterocycles. The number of carbonyl (C=O) groups excluding carboxylic acids is 1. The molecule has 0 radical (unpaired) electrons. The van der Waals surface area contributed by atoms with Gasteiger partial charge in [-0.2, -0.15) is 5.10 Å². The van der Waals surface area contributed by atoms with Crippen LogP contribution < -0.4 is 5.32 Å². The van der Waals surface area contributed by atoms with Gasteiger partial charge in [-0.3, -0.25) is 9.48 Å². The van der Waals surface area contributed by atoms with Crippen LogP contribution in [-0.4, -0.2) is 15.7 Å². The van der Waals surface area contributed by atoms with E-state index in [1.54, 1.807) is 0 Å². The highest BCUT2D eigenvalue weighted by molar-refractivity contribution is 5.83. The molecule has 1 N–H and O–H groups in total. The summed E-state index contributed by atoms with van der Waals surface area (Å²) in [4.78, 5) is 12.6. The fourth-order valence-corrected chi connectivity index (χ4v) is 3.53. The molecule has 2 aromatic carbocycles. The van der Waals surface area contributed by atoms with E-state index in [-0.39, 0.29) is 11.9 Å². The lowest BCUT2D eigenvalue weighted by atomic mass is 10.0. The van der Waals surface area contributed by atoms with E-state index in [0.29, 0.717) is 12.3 Å². The van der Waals surface area contributed by atoms with E-state index in [1.807, 2.05) is 30.7 Å². The molecule has 0 aliphatic rings. The summed E-state index contributed by atoms with van der Waals surface area (Å²) in [5.41, 5.74) is 4.20. The van der Waals surface area contributed by atoms with Crippen molar-refractivity contribution in [1.29, 1.82) is 0 Å². The minimum absolute atomic E-state index is 0.0333. The highest BCUT2D eigenvalue weighted by atomic mass is 16.1. The zero-order chi connectivity index (χ0) is 19.6. The van der Waals surface area contributed by atoms with E-state index in [1.165, 1.54) is 10.8 Å². The maximum Gasteiger partial charge on any atom is 0.225 e. The quantitative estimate of drug-likeness (QED) is 0.688. The van der Waals surface area contributed by atoms with Crippen molar-refractivity contribution in [2.45, 2.75) is 53.6 Å². The van der Waals surface area contributed by atoms with Crippen LogP contribution in [0.2, 0.25) is 0 Å². The Balaban J connectivity index is 1.70. The first-order valence-electron chi connectivity index (χ1n) is 9.66. The summed E-state index contributed by atoms with van der Waals surface area (Å²) in [6, 6.07) is 14.6. The van der Waals surface area contributed by atoms with E-state index >= 15 is 0 Å². The van der Waals surface area contributed by atoms with Crippen molar-refractivity contribution in [3.05, 3.63) is 65.0 Å². The van der Waals surface area contributed by atoms with Gasteiger partial charge in [0.1, 0.15) is 0 Å². The van der Waals surface area contributed by atoms with E-state index < -0.39 is 0 Å². The molecule has 1 amide bonds. The van der Waals surface area contributed by atoms with Crippen LogP contribution >= 0.6 is 0 Å². The molecule has 27 heavy (non-hydrogen) atoms. The third-order valence-electron chi connectivity index (χ3n) is 5.06. The molecular formula is C23H29N3O. The van der Waals surface area contributed by atoms with Gasteiger partial charge in [-0.1, -0.05) is 50.2 Å². The molecule has 142 valence electrons. The Morgan fingerprint density at radius 3 is 2.48 bits per heavy atom. The predicted octanol–water partition coefficient (Wildman–Crippen LogP) is 4.73. The monoisotopic (exact) mass is 363 g/mol. The Hall–Kier alpha value is -2.62. The maximum absolute atomic E-state index is 12.6. The second-order valence-electron chi connectivity index (χ2n) is 7.80. The molecule has 0 saturated heterocycles. The highest BCUT2D eigenvalue weighted by Gasteiger charge is 2.17. The Morgan fingerprint density at radius 2 is 1.78 bits per heavy atom. The van der Waals surface area contributed by atoms with Crippen molar-refractivity contribution in [1.82, 2.24) is 15.1 Å². The Bertz CT molecular complexity index is 955. The number of hydrogen-bond donors (Lipinski definition) is 1. The van der Waals surface area contributed by atoms with Crippen molar-refractivity contribution in [3.8, 4) is 0 Å². The van der Waals surface area contributed by atoms with Crippen LogP contribution in [-0.2, 0) is 17.8 Å². The van der Waals surface area contributed by atoms with Crippen LogP contribution in [0.5, 0.6) is 0 Å². The molecule has 1 aromatic heterocycles. The minimum Gasteiger partial charge on any atom is -0.349 e. The molecule has 4 heteroatoms. The van der Waals surface area contributed by atoms with Crippen LogP contribution in [0.15, 0.2) is 42.5 Å². The van der Waals surface area contributed by atoms with Crippen molar-refractivity contribution in [3.63, 3.8) is 0 Å². The summed E-state index contributed by atoms with van der Waals surface area (Å²) >= 11 is 0. The van der Waals surface area contributed by atoms with Gasteiger partial charge in [0, 0.05) is 17.8 Å². The van der Waals surface area contributed by atoms with Gasteiger partial charge in [0.05, 0.1) is 18.2 Å². The summed E-state index contributed by atoms with van der Waals surface area (Å²) in [5, 5.41) is 10.2. The molecule has 0 aliphatic carbocycles. The van der Waals surface area contributed by atoms with Gasteiger partial charge in [0.25, 0.3) is 0 Å². The number of aromatic nitrogens is 2. The largest absolute Gasteiger partial charge is 0.349 e. The SMILES string of the molecule is Cc1nn(CC(C)C)c(C)c1CC(=O)NC(C)c1ccc2ccccc2c1. The molecular weight excluding hydrogens is 334 g/mol. The zero-order valence-corrected chi connectivity index (χ0v) is 16.9. The highest BCUT2D eigenvalue weighted by Crippen LogP contribution is 2.21. The van der Waals surface area contributed by atoms with Crippen molar-refractivity contribution in [2.75, 3.05) is 0 Å². The number of aryl methyl sites for hydroxylation is 1. The summed E-state index contributed by atoms with van der Waals surface area (Å²) in [7, 11) is 0. The van der Waals surface area contributed by atoms with Gasteiger partial charge in [-0.25, -0.2) is 0 Å². The van der Waals surface area contributed by atoms with Gasteiger partial charge >= 0.3 is 0 Å². The molecule has 0 bridgehead atoms. The molecule has 0 spiro atoms. The van der Waals surface area contributed by atoms with Crippen molar-refractivity contribution >= 4 is 16.7 Å². The van der Waals surface area contributed by atoms with Crippen LogP contribution in [0, 0.1) is 19.8 Å². The number of nitrogens with one attached hydrogen (secondary N) is 1. The Morgan fingerprint density at radius 1 is 1.07 bits per heavy atom. The van der Waals surface area contributed by atoms with Crippen molar-refractivity contribution in [2.24, 2.45) is 5.92 Å². The molecule has 0 saturated carbocycles. The molecule has 1 atom stereocenters. The van der Waals surface area contributed by atoms with Crippen LogP contribution in [0.25, 0.3) is 10.8 Å². The zero-order valence-electron chi connectivity index (χ0n) is 16.9. The van der Waals surface area contributed by atoms with Crippen LogP contribution in [0.4, 0.5) is 0 Å². The Kier molecular flexibility index (Phi) is 5.64. The number of rotatable bonds is 6. The van der Waals surface area contributed by atoms with Crippen molar-refractivity contribution < 1.29 is 4.79 Å². The van der Waals surface area contributed by atoms with Crippen LogP contribution in [0.3, 0.4) is 0 Å². The van der Waals surface area contributed by atoms with Gasteiger partial charge in [-0.05, 0) is 49.1 Å². The summed E-state index contributed by atoms with van der Waals surface area (Å²) < 4.78 is 2.02. The lowest BCUT2D eigenvalue weighted by Crippen LogP contribution is -2.28. The average molecular weight is 364 g/mol. The number of hydrogen-bond acceptors (Lipinski definition) is 2. The first-order chi connectivity index (χ1) is 12.8. The van der Waals surface area contributed by atoms with Gasteiger partial charge in [0.15, 0.2) is 0 Å². The topological polar surface area (TPSA) is 46.9 Å². The average Bonchev–Trinajstić information content (AvgIpc) is 2.88.